The van der Waals surface area contributed by atoms with Gasteiger partial charge in [0.15, 0.2) is 0 Å². The van der Waals surface area contributed by atoms with Crippen LogP contribution in [0.4, 0.5) is 0 Å². The number of thiophene rings is 1. The summed E-state index contributed by atoms with van der Waals surface area (Å²) in [6, 6.07) is 63.7. The van der Waals surface area contributed by atoms with Crippen molar-refractivity contribution in [1.29, 1.82) is 0 Å². The van der Waals surface area contributed by atoms with Crippen LogP contribution in [0.5, 0.6) is 0 Å². The van der Waals surface area contributed by atoms with Gasteiger partial charge in [0, 0.05) is 59.0 Å². The van der Waals surface area contributed by atoms with E-state index in [1.807, 2.05) is 11.3 Å². The van der Waals surface area contributed by atoms with Gasteiger partial charge in [-0.3, -0.25) is 4.99 Å². The molecule has 0 radical (unpaired) electrons. The van der Waals surface area contributed by atoms with Gasteiger partial charge in [-0.15, -0.1) is 11.3 Å². The number of hydrogen-bond donors (Lipinski definition) is 0. The minimum Gasteiger partial charge on any atom is -0.309 e. The largest absolute Gasteiger partial charge is 0.309 e. The second-order valence-corrected chi connectivity index (χ2v) is 14.4. The Morgan fingerprint density at radius 3 is 1.73 bits per heavy atom. The predicted molar refractivity (Wildman–Crippen MR) is 224 cm³/mol. The first kappa shape index (κ1) is 30.5. The van der Waals surface area contributed by atoms with Crippen LogP contribution in [-0.2, 0) is 0 Å². The van der Waals surface area contributed by atoms with Crippen molar-refractivity contribution >= 4 is 75.9 Å². The summed E-state index contributed by atoms with van der Waals surface area (Å²) in [5.41, 5.74) is 12.7. The van der Waals surface area contributed by atoms with E-state index >= 15 is 0 Å². The first-order chi connectivity index (χ1) is 25.8. The molecule has 0 saturated carbocycles. The first-order valence-corrected chi connectivity index (χ1v) is 18.8. The summed E-state index contributed by atoms with van der Waals surface area (Å²) in [4.78, 5) is 5.72. The van der Waals surface area contributed by atoms with Crippen molar-refractivity contribution in [3.05, 3.63) is 204 Å². The maximum absolute atomic E-state index is 5.72. The molecule has 2 aromatic heterocycles. The quantitative estimate of drug-likeness (QED) is 0.172. The van der Waals surface area contributed by atoms with Crippen molar-refractivity contribution in [2.24, 2.45) is 4.99 Å². The average Bonchev–Trinajstić information content (AvgIpc) is 3.75. The summed E-state index contributed by atoms with van der Waals surface area (Å²) in [6.07, 6.45) is 4.19. The molecule has 52 heavy (non-hydrogen) atoms. The molecule has 10 rings (SSSR count). The normalized spacial score (nSPS) is 17.2. The number of hydrogen-bond acceptors (Lipinski definition) is 2. The molecule has 0 saturated heterocycles. The minimum atomic E-state index is 0.851. The van der Waals surface area contributed by atoms with Crippen LogP contribution in [0.2, 0.25) is 0 Å². The summed E-state index contributed by atoms with van der Waals surface area (Å²) < 4.78 is 5.01. The summed E-state index contributed by atoms with van der Waals surface area (Å²) in [5.74, 6) is 0. The minimum absolute atomic E-state index is 0.851. The van der Waals surface area contributed by atoms with Crippen molar-refractivity contribution in [2.75, 3.05) is 0 Å². The molecule has 0 unspecified atom stereocenters. The van der Waals surface area contributed by atoms with Crippen molar-refractivity contribution in [2.45, 2.75) is 12.8 Å². The van der Waals surface area contributed by atoms with Gasteiger partial charge in [0.1, 0.15) is 0 Å². The van der Waals surface area contributed by atoms with E-state index < -0.39 is 0 Å². The summed E-state index contributed by atoms with van der Waals surface area (Å²) >= 11 is 1.88. The van der Waals surface area contributed by atoms with Crippen molar-refractivity contribution < 1.29 is 0 Å². The summed E-state index contributed by atoms with van der Waals surface area (Å²) in [5, 5.41) is 5.05. The van der Waals surface area contributed by atoms with Crippen LogP contribution < -0.4 is 0 Å². The Bertz CT molecular complexity index is 2820. The lowest BCUT2D eigenvalue weighted by atomic mass is 9.86. The topological polar surface area (TPSA) is 17.3 Å². The zero-order valence-corrected chi connectivity index (χ0v) is 29.4. The highest BCUT2D eigenvalue weighted by atomic mass is 32.1. The monoisotopic (exact) mass is 682 g/mol. The third-order valence-corrected chi connectivity index (χ3v) is 11.5. The molecular weight excluding hydrogens is 649 g/mol. The maximum atomic E-state index is 5.72. The van der Waals surface area contributed by atoms with E-state index in [2.05, 4.69) is 187 Å². The molecule has 0 aliphatic carbocycles. The van der Waals surface area contributed by atoms with Gasteiger partial charge in [-0.05, 0) is 59.9 Å². The fourth-order valence-corrected chi connectivity index (χ4v) is 9.16. The summed E-state index contributed by atoms with van der Waals surface area (Å²) in [7, 11) is 0. The smallest absolute Gasteiger partial charge is 0.0790 e. The molecule has 9 aromatic rings. The Balaban J connectivity index is 1.39. The number of fused-ring (bicyclic) bond motifs is 6. The van der Waals surface area contributed by atoms with E-state index in [0.29, 0.717) is 0 Å². The van der Waals surface area contributed by atoms with Crippen molar-refractivity contribution in [3.8, 4) is 5.69 Å². The Morgan fingerprint density at radius 1 is 0.500 bits per heavy atom. The number of allylic oxidation sites excluding steroid dienone is 3. The Kier molecular flexibility index (Phi) is 7.51. The number of para-hydroxylation sites is 2. The van der Waals surface area contributed by atoms with Crippen LogP contribution in [-0.4, -0.2) is 10.3 Å². The average molecular weight is 683 g/mol. The number of aliphatic imine (C=N–C) groups is 1. The van der Waals surface area contributed by atoms with Crippen LogP contribution in [0.3, 0.4) is 0 Å². The molecule has 1 aliphatic rings. The second-order valence-electron chi connectivity index (χ2n) is 13.4. The van der Waals surface area contributed by atoms with Gasteiger partial charge in [-0.2, -0.15) is 0 Å². The zero-order chi connectivity index (χ0) is 34.4. The molecule has 7 aromatic carbocycles. The predicted octanol–water partition coefficient (Wildman–Crippen LogP) is 13.4. The van der Waals surface area contributed by atoms with E-state index in [0.717, 1.165) is 46.6 Å². The molecule has 1 aliphatic heterocycles. The molecule has 0 N–H and O–H groups in total. The lowest BCUT2D eigenvalue weighted by Crippen LogP contribution is -2.06. The van der Waals surface area contributed by atoms with E-state index in [4.69, 9.17) is 4.99 Å². The Morgan fingerprint density at radius 2 is 1.06 bits per heavy atom. The second kappa shape index (κ2) is 12.8. The first-order valence-electron chi connectivity index (χ1n) is 17.9. The van der Waals surface area contributed by atoms with Crippen LogP contribution in [0.25, 0.3) is 64.5 Å². The third-order valence-electron chi connectivity index (χ3n) is 10.3. The Labute approximate surface area is 307 Å². The molecule has 0 bridgehead atoms. The van der Waals surface area contributed by atoms with Gasteiger partial charge in [0.05, 0.1) is 16.7 Å². The molecule has 0 amide bonds. The van der Waals surface area contributed by atoms with E-state index in [1.54, 1.807) is 0 Å². The van der Waals surface area contributed by atoms with E-state index in [-0.39, 0.29) is 0 Å². The third kappa shape index (κ3) is 5.13. The molecule has 246 valence electrons. The Hall–Kier alpha value is -6.29. The van der Waals surface area contributed by atoms with Crippen LogP contribution in [0.15, 0.2) is 187 Å². The number of rotatable bonds is 5. The highest BCUT2D eigenvalue weighted by molar-refractivity contribution is 7.26. The van der Waals surface area contributed by atoms with Gasteiger partial charge in [-0.25, -0.2) is 0 Å². The van der Waals surface area contributed by atoms with Gasteiger partial charge in [-0.1, -0.05) is 152 Å². The molecular formula is C49H34N2S. The van der Waals surface area contributed by atoms with Gasteiger partial charge in [0.2, 0.25) is 0 Å². The number of nitrogens with zero attached hydrogens (tertiary/aromatic N) is 2. The molecule has 0 spiro atoms. The zero-order valence-electron chi connectivity index (χ0n) is 28.5. The van der Waals surface area contributed by atoms with Crippen molar-refractivity contribution in [1.82, 2.24) is 4.57 Å². The standard InChI is InChI=1S/C49H34N2S/c1-4-17-33(18-5-1)37-26-16-27-43(34-19-6-2-7-20-34)50-48(35-21-8-3-9-22-35)47(37)42-32-36(31-41-40-25-12-15-30-46(40)52-49(41)42)51-44-28-13-10-23-38(44)39-24-11-14-29-45(39)51/h1-15,17-26,28-32H,16,27H2/b37-26-,48-47+,50-43+. The highest BCUT2D eigenvalue weighted by Crippen LogP contribution is 2.48. The van der Waals surface area contributed by atoms with E-state index in [9.17, 15) is 0 Å². The van der Waals surface area contributed by atoms with Crippen LogP contribution in [0, 0.1) is 0 Å². The fourth-order valence-electron chi connectivity index (χ4n) is 7.95. The van der Waals surface area contributed by atoms with E-state index in [1.165, 1.54) is 58.7 Å². The SMILES string of the molecule is C1=C(c2ccccc2)/C(c2cc(-n3c4ccccc4c4ccccc43)cc3c2sc2ccccc23)=C(c2ccccc2)\N=C(\c2ccccc2)CC\1. The van der Waals surface area contributed by atoms with Gasteiger partial charge in [0.25, 0.3) is 0 Å². The molecule has 3 heteroatoms. The fraction of sp³-hybridized carbons (Fsp3) is 0.0408. The van der Waals surface area contributed by atoms with Gasteiger partial charge < -0.3 is 4.57 Å². The highest BCUT2D eigenvalue weighted by Gasteiger charge is 2.25. The maximum Gasteiger partial charge on any atom is 0.0790 e. The van der Waals surface area contributed by atoms with Gasteiger partial charge >= 0.3 is 0 Å². The molecule has 0 fully saturated rings. The molecule has 2 nitrogen and oxygen atoms in total. The van der Waals surface area contributed by atoms with Crippen LogP contribution >= 0.6 is 11.3 Å². The summed E-state index contributed by atoms with van der Waals surface area (Å²) in [6.45, 7) is 0. The van der Waals surface area contributed by atoms with Crippen molar-refractivity contribution in [3.63, 3.8) is 0 Å². The number of aromatic nitrogens is 1. The lowest BCUT2D eigenvalue weighted by molar-refractivity contribution is 1.09. The molecule has 3 heterocycles. The lowest BCUT2D eigenvalue weighted by Gasteiger charge is -2.22. The molecule has 0 atom stereocenters. The number of benzene rings is 7. The van der Waals surface area contributed by atoms with Crippen LogP contribution in [0.1, 0.15) is 35.1 Å².